The molecule has 3 nitrogen and oxygen atoms in total. The lowest BCUT2D eigenvalue weighted by molar-refractivity contribution is 0.389. The Balaban J connectivity index is 2.60. The van der Waals surface area contributed by atoms with Gasteiger partial charge in [0.2, 0.25) is 5.88 Å². The molecule has 0 amide bonds. The molecule has 0 aliphatic heterocycles. The van der Waals surface area contributed by atoms with Gasteiger partial charge in [-0.1, -0.05) is 52.4 Å². The Kier molecular flexibility index (Phi) is 8.19. The van der Waals surface area contributed by atoms with Crippen molar-refractivity contribution in [2.75, 3.05) is 7.11 Å². The van der Waals surface area contributed by atoms with Crippen molar-refractivity contribution < 1.29 is 4.74 Å². The second-order valence-electron chi connectivity index (χ2n) is 5.17. The molecule has 3 heteroatoms. The first-order chi connectivity index (χ1) is 9.31. The van der Waals surface area contributed by atoms with E-state index in [1.807, 2.05) is 6.20 Å². The van der Waals surface area contributed by atoms with E-state index < -0.39 is 0 Å². The summed E-state index contributed by atoms with van der Waals surface area (Å²) >= 11 is 0. The van der Waals surface area contributed by atoms with Crippen LogP contribution in [0.4, 0.5) is 0 Å². The van der Waals surface area contributed by atoms with Crippen molar-refractivity contribution in [3.05, 3.63) is 18.1 Å². The fourth-order valence-corrected chi connectivity index (χ4v) is 2.37. The maximum absolute atomic E-state index is 5.18. The summed E-state index contributed by atoms with van der Waals surface area (Å²) in [6, 6.07) is 0. The van der Waals surface area contributed by atoms with Crippen LogP contribution in [-0.4, -0.2) is 17.1 Å². The number of rotatable bonds is 10. The molecule has 1 heterocycles. The molecule has 0 aliphatic carbocycles. The van der Waals surface area contributed by atoms with Crippen molar-refractivity contribution in [2.24, 2.45) is 0 Å². The van der Waals surface area contributed by atoms with Crippen molar-refractivity contribution in [3.8, 4) is 5.88 Å². The Morgan fingerprint density at radius 3 is 2.42 bits per heavy atom. The van der Waals surface area contributed by atoms with Gasteiger partial charge in [0.25, 0.3) is 0 Å². The normalized spacial score (nSPS) is 12.4. The van der Waals surface area contributed by atoms with Gasteiger partial charge in [0.05, 0.1) is 19.0 Å². The van der Waals surface area contributed by atoms with Gasteiger partial charge in [-0.2, -0.15) is 0 Å². The molecule has 0 saturated carbocycles. The van der Waals surface area contributed by atoms with Crippen LogP contribution in [-0.2, 0) is 0 Å². The van der Waals surface area contributed by atoms with E-state index in [1.54, 1.807) is 13.3 Å². The Labute approximate surface area is 117 Å². The molecule has 0 spiro atoms. The number of hydrogen-bond donors (Lipinski definition) is 0. The molecule has 1 atom stereocenters. The first-order valence-electron chi connectivity index (χ1n) is 7.67. The zero-order valence-electron chi connectivity index (χ0n) is 12.7. The van der Waals surface area contributed by atoms with Crippen LogP contribution in [0.1, 0.15) is 76.8 Å². The van der Waals surface area contributed by atoms with E-state index in [-0.39, 0.29) is 0 Å². The molecule has 108 valence electrons. The highest BCUT2D eigenvalue weighted by Crippen LogP contribution is 2.27. The number of unbranched alkanes of at least 4 members (excludes halogenated alkanes) is 4. The summed E-state index contributed by atoms with van der Waals surface area (Å²) in [6.45, 7) is 4.49. The monoisotopic (exact) mass is 264 g/mol. The molecular weight excluding hydrogens is 236 g/mol. The zero-order chi connectivity index (χ0) is 13.9. The van der Waals surface area contributed by atoms with Crippen LogP contribution in [0.25, 0.3) is 0 Å². The SMILES string of the molecule is CCCCCCC(CCCC)c1cncc(OC)n1. The van der Waals surface area contributed by atoms with E-state index in [0.29, 0.717) is 11.8 Å². The summed E-state index contributed by atoms with van der Waals surface area (Å²) in [6.07, 6.45) is 13.8. The summed E-state index contributed by atoms with van der Waals surface area (Å²) in [4.78, 5) is 8.80. The lowest BCUT2D eigenvalue weighted by Gasteiger charge is -2.16. The number of hydrogen-bond acceptors (Lipinski definition) is 3. The van der Waals surface area contributed by atoms with Crippen LogP contribution >= 0.6 is 0 Å². The van der Waals surface area contributed by atoms with Crippen LogP contribution < -0.4 is 4.74 Å². The highest BCUT2D eigenvalue weighted by Gasteiger charge is 2.13. The molecule has 1 rings (SSSR count). The zero-order valence-corrected chi connectivity index (χ0v) is 12.7. The second-order valence-corrected chi connectivity index (χ2v) is 5.17. The third kappa shape index (κ3) is 6.04. The average Bonchev–Trinajstić information content (AvgIpc) is 2.46. The van der Waals surface area contributed by atoms with Crippen molar-refractivity contribution in [1.29, 1.82) is 0 Å². The highest BCUT2D eigenvalue weighted by atomic mass is 16.5. The third-order valence-corrected chi connectivity index (χ3v) is 3.57. The standard InChI is InChI=1S/C16H28N2O/c1-4-6-8-9-11-14(10-7-5-2)15-12-17-13-16(18-15)19-3/h12-14H,4-11H2,1-3H3. The summed E-state index contributed by atoms with van der Waals surface area (Å²) in [7, 11) is 1.65. The Bertz CT molecular complexity index is 341. The van der Waals surface area contributed by atoms with E-state index in [4.69, 9.17) is 4.74 Å². The highest BCUT2D eigenvalue weighted by molar-refractivity contribution is 5.12. The lowest BCUT2D eigenvalue weighted by Crippen LogP contribution is -2.04. The van der Waals surface area contributed by atoms with E-state index >= 15 is 0 Å². The van der Waals surface area contributed by atoms with E-state index in [2.05, 4.69) is 23.8 Å². The summed E-state index contributed by atoms with van der Waals surface area (Å²) in [5, 5.41) is 0. The third-order valence-electron chi connectivity index (χ3n) is 3.57. The van der Waals surface area contributed by atoms with Gasteiger partial charge < -0.3 is 4.74 Å². The van der Waals surface area contributed by atoms with Crippen LogP contribution in [0, 0.1) is 0 Å². The Morgan fingerprint density at radius 1 is 1.00 bits per heavy atom. The Hall–Kier alpha value is -1.12. The molecule has 0 aromatic carbocycles. The van der Waals surface area contributed by atoms with E-state index in [1.165, 1.54) is 51.4 Å². The smallest absolute Gasteiger partial charge is 0.232 e. The second kappa shape index (κ2) is 9.76. The average molecular weight is 264 g/mol. The van der Waals surface area contributed by atoms with E-state index in [0.717, 1.165) is 5.69 Å². The van der Waals surface area contributed by atoms with Gasteiger partial charge in [0, 0.05) is 12.1 Å². The quantitative estimate of drug-likeness (QED) is 0.573. The molecule has 0 saturated heterocycles. The van der Waals surface area contributed by atoms with Gasteiger partial charge in [-0.25, -0.2) is 4.98 Å². The molecule has 0 aliphatic rings. The molecule has 0 bridgehead atoms. The van der Waals surface area contributed by atoms with Crippen molar-refractivity contribution >= 4 is 0 Å². The molecule has 0 N–H and O–H groups in total. The van der Waals surface area contributed by atoms with Crippen molar-refractivity contribution in [2.45, 2.75) is 71.1 Å². The maximum atomic E-state index is 5.18. The minimum atomic E-state index is 0.541. The predicted molar refractivity (Wildman–Crippen MR) is 79.6 cm³/mol. The number of ether oxygens (including phenoxy) is 1. The molecule has 1 aromatic rings. The van der Waals surface area contributed by atoms with E-state index in [9.17, 15) is 0 Å². The number of aromatic nitrogens is 2. The maximum Gasteiger partial charge on any atom is 0.232 e. The first kappa shape index (κ1) is 15.9. The lowest BCUT2D eigenvalue weighted by atomic mass is 9.92. The Morgan fingerprint density at radius 2 is 1.74 bits per heavy atom. The van der Waals surface area contributed by atoms with Crippen molar-refractivity contribution in [1.82, 2.24) is 9.97 Å². The fraction of sp³-hybridized carbons (Fsp3) is 0.750. The minimum absolute atomic E-state index is 0.541. The summed E-state index contributed by atoms with van der Waals surface area (Å²) in [5.41, 5.74) is 1.10. The largest absolute Gasteiger partial charge is 0.480 e. The predicted octanol–water partition coefficient (Wildman–Crippen LogP) is 4.73. The van der Waals surface area contributed by atoms with Gasteiger partial charge in [-0.05, 0) is 12.8 Å². The van der Waals surface area contributed by atoms with Gasteiger partial charge in [-0.3, -0.25) is 4.98 Å². The summed E-state index contributed by atoms with van der Waals surface area (Å²) < 4.78 is 5.18. The molecular formula is C16H28N2O. The molecule has 19 heavy (non-hydrogen) atoms. The topological polar surface area (TPSA) is 35.0 Å². The molecule has 1 aromatic heterocycles. The van der Waals surface area contributed by atoms with Gasteiger partial charge in [0.15, 0.2) is 0 Å². The van der Waals surface area contributed by atoms with Crippen molar-refractivity contribution in [3.63, 3.8) is 0 Å². The molecule has 0 fully saturated rings. The fourth-order valence-electron chi connectivity index (χ4n) is 2.37. The van der Waals surface area contributed by atoms with Gasteiger partial charge in [0.1, 0.15) is 0 Å². The molecule has 0 radical (unpaired) electrons. The summed E-state index contributed by atoms with van der Waals surface area (Å²) in [5.74, 6) is 1.17. The van der Waals surface area contributed by atoms with Crippen LogP contribution in [0.5, 0.6) is 5.88 Å². The van der Waals surface area contributed by atoms with Crippen LogP contribution in [0.15, 0.2) is 12.4 Å². The van der Waals surface area contributed by atoms with Crippen LogP contribution in [0.2, 0.25) is 0 Å². The molecule has 1 unspecified atom stereocenters. The minimum Gasteiger partial charge on any atom is -0.480 e. The first-order valence-corrected chi connectivity index (χ1v) is 7.67. The van der Waals surface area contributed by atoms with Gasteiger partial charge >= 0.3 is 0 Å². The number of nitrogens with zero attached hydrogens (tertiary/aromatic N) is 2. The number of methoxy groups -OCH3 is 1. The van der Waals surface area contributed by atoms with Crippen LogP contribution in [0.3, 0.4) is 0 Å². The van der Waals surface area contributed by atoms with Gasteiger partial charge in [-0.15, -0.1) is 0 Å².